The molecule has 1 aliphatic rings. The molecule has 3 rings (SSSR count). The number of nitrogen functional groups attached to an aromatic ring is 1. The number of Topliss-reactive ketones (excluding diaryl/α,β-unsaturated/α-hetero) is 1. The van der Waals surface area contributed by atoms with E-state index in [1.807, 2.05) is 18.2 Å². The van der Waals surface area contributed by atoms with E-state index >= 15 is 0 Å². The smallest absolute Gasteiger partial charge is 0.188 e. The zero-order valence-corrected chi connectivity index (χ0v) is 11.5. The number of fused-ring (bicyclic) bond motifs is 1. The summed E-state index contributed by atoms with van der Waals surface area (Å²) in [6.45, 7) is 0.765. The highest BCUT2D eigenvalue weighted by Gasteiger charge is 2.28. The minimum Gasteiger partial charge on any atom is -0.383 e. The Morgan fingerprint density at radius 2 is 2.20 bits per heavy atom. The second-order valence-electron chi connectivity index (χ2n) is 4.79. The summed E-state index contributed by atoms with van der Waals surface area (Å²) in [5, 5.41) is 3.65. The fraction of sp³-hybridized carbons (Fsp3) is 0.200. The van der Waals surface area contributed by atoms with Gasteiger partial charge in [0, 0.05) is 12.7 Å². The fourth-order valence-electron chi connectivity index (χ4n) is 2.54. The van der Waals surface area contributed by atoms with E-state index in [0.717, 1.165) is 18.5 Å². The number of anilines is 1. The van der Waals surface area contributed by atoms with Crippen LogP contribution in [-0.4, -0.2) is 17.3 Å². The molecule has 0 radical (unpaired) electrons. The number of aromatic nitrogens is 1. The zero-order chi connectivity index (χ0) is 14.1. The lowest BCUT2D eigenvalue weighted by molar-refractivity contribution is 0.0940. The van der Waals surface area contributed by atoms with Crippen LogP contribution in [0.15, 0.2) is 36.5 Å². The van der Waals surface area contributed by atoms with Crippen molar-refractivity contribution in [2.45, 2.75) is 12.5 Å². The number of carbonyl (C=O) groups is 1. The third-order valence-corrected chi connectivity index (χ3v) is 3.73. The van der Waals surface area contributed by atoms with Gasteiger partial charge in [-0.15, -0.1) is 0 Å². The van der Waals surface area contributed by atoms with E-state index in [1.54, 1.807) is 6.07 Å². The van der Waals surface area contributed by atoms with Gasteiger partial charge in [-0.2, -0.15) is 0 Å². The van der Waals surface area contributed by atoms with E-state index in [0.29, 0.717) is 10.6 Å². The number of nitrogens with one attached hydrogen (secondary N) is 1. The first-order valence-corrected chi connectivity index (χ1v) is 6.81. The molecule has 1 aliphatic heterocycles. The fourth-order valence-corrected chi connectivity index (χ4v) is 2.70. The first-order chi connectivity index (χ1) is 9.66. The van der Waals surface area contributed by atoms with Crippen LogP contribution in [0.2, 0.25) is 5.02 Å². The number of carbonyl (C=O) groups excluding carboxylic acids is 1. The highest BCUT2D eigenvalue weighted by Crippen LogP contribution is 2.28. The number of pyridine rings is 1. The molecule has 0 bridgehead atoms. The molecule has 102 valence electrons. The summed E-state index contributed by atoms with van der Waals surface area (Å²) in [4.78, 5) is 16.6. The Kier molecular flexibility index (Phi) is 3.42. The molecular weight excluding hydrogens is 274 g/mol. The van der Waals surface area contributed by atoms with Crippen molar-refractivity contribution in [2.24, 2.45) is 0 Å². The number of halogens is 1. The third kappa shape index (κ3) is 2.28. The van der Waals surface area contributed by atoms with Crippen molar-refractivity contribution >= 4 is 23.2 Å². The van der Waals surface area contributed by atoms with Crippen molar-refractivity contribution < 1.29 is 4.79 Å². The van der Waals surface area contributed by atoms with Crippen LogP contribution in [0, 0.1) is 0 Å². The molecule has 1 unspecified atom stereocenters. The molecule has 0 fully saturated rings. The molecule has 20 heavy (non-hydrogen) atoms. The van der Waals surface area contributed by atoms with Gasteiger partial charge in [-0.3, -0.25) is 4.79 Å². The van der Waals surface area contributed by atoms with Crippen molar-refractivity contribution in [1.29, 1.82) is 0 Å². The molecule has 2 aromatic rings. The van der Waals surface area contributed by atoms with Crippen molar-refractivity contribution in [2.75, 3.05) is 12.3 Å². The SMILES string of the molecule is Nc1ncc(Cl)cc1C(=O)C1NCCc2ccccc21. The largest absolute Gasteiger partial charge is 0.383 e. The van der Waals surface area contributed by atoms with Gasteiger partial charge in [0.05, 0.1) is 16.6 Å². The summed E-state index contributed by atoms with van der Waals surface area (Å²) in [5.41, 5.74) is 8.36. The molecule has 5 heteroatoms. The molecule has 0 aliphatic carbocycles. The number of nitrogens with two attached hydrogens (primary N) is 1. The first kappa shape index (κ1) is 13.1. The second-order valence-corrected chi connectivity index (χ2v) is 5.22. The quantitative estimate of drug-likeness (QED) is 0.832. The topological polar surface area (TPSA) is 68.0 Å². The lowest BCUT2D eigenvalue weighted by atomic mass is 9.89. The zero-order valence-electron chi connectivity index (χ0n) is 10.8. The molecule has 4 nitrogen and oxygen atoms in total. The monoisotopic (exact) mass is 287 g/mol. The standard InChI is InChI=1S/C15H14ClN3O/c16-10-7-12(15(17)19-8-10)14(20)13-11-4-2-1-3-9(11)5-6-18-13/h1-4,7-8,13,18H,5-6H2,(H2,17,19). The maximum Gasteiger partial charge on any atom is 0.188 e. The van der Waals surface area contributed by atoms with Crippen LogP contribution in [0.5, 0.6) is 0 Å². The van der Waals surface area contributed by atoms with Gasteiger partial charge in [-0.1, -0.05) is 35.9 Å². The molecule has 2 heterocycles. The number of benzene rings is 1. The van der Waals surface area contributed by atoms with Crippen LogP contribution in [0.1, 0.15) is 27.5 Å². The number of rotatable bonds is 2. The summed E-state index contributed by atoms with van der Waals surface area (Å²) in [6, 6.07) is 9.13. The van der Waals surface area contributed by atoms with Crippen LogP contribution in [0.25, 0.3) is 0 Å². The van der Waals surface area contributed by atoms with Crippen LogP contribution >= 0.6 is 11.6 Å². The van der Waals surface area contributed by atoms with E-state index in [1.165, 1.54) is 11.8 Å². The van der Waals surface area contributed by atoms with Gasteiger partial charge in [-0.05, 0) is 23.6 Å². The molecule has 0 amide bonds. The van der Waals surface area contributed by atoms with Crippen molar-refractivity contribution in [3.05, 3.63) is 58.2 Å². The van der Waals surface area contributed by atoms with Crippen LogP contribution < -0.4 is 11.1 Å². The Morgan fingerprint density at radius 1 is 1.40 bits per heavy atom. The van der Waals surface area contributed by atoms with Gasteiger partial charge < -0.3 is 11.1 Å². The first-order valence-electron chi connectivity index (χ1n) is 6.43. The van der Waals surface area contributed by atoms with Gasteiger partial charge in [-0.25, -0.2) is 4.98 Å². The van der Waals surface area contributed by atoms with Crippen molar-refractivity contribution in [1.82, 2.24) is 10.3 Å². The van der Waals surface area contributed by atoms with Gasteiger partial charge in [0.25, 0.3) is 0 Å². The Bertz CT molecular complexity index is 672. The molecular formula is C15H14ClN3O. The molecule has 3 N–H and O–H groups in total. The van der Waals surface area contributed by atoms with E-state index < -0.39 is 0 Å². The Hall–Kier alpha value is -1.91. The Morgan fingerprint density at radius 3 is 3.05 bits per heavy atom. The van der Waals surface area contributed by atoms with Gasteiger partial charge in [0.2, 0.25) is 0 Å². The summed E-state index contributed by atoms with van der Waals surface area (Å²) in [6.07, 6.45) is 2.36. The predicted molar refractivity (Wildman–Crippen MR) is 78.9 cm³/mol. The number of ketones is 1. The minimum atomic E-state index is -0.387. The molecule has 1 aromatic carbocycles. The number of hydrogen-bond acceptors (Lipinski definition) is 4. The van der Waals surface area contributed by atoms with Crippen LogP contribution in [0.4, 0.5) is 5.82 Å². The Balaban J connectivity index is 2.02. The molecule has 1 aromatic heterocycles. The molecule has 0 spiro atoms. The average Bonchev–Trinajstić information content (AvgIpc) is 2.48. The molecule has 0 saturated heterocycles. The molecule has 0 saturated carbocycles. The average molecular weight is 288 g/mol. The van der Waals surface area contributed by atoms with E-state index in [2.05, 4.69) is 16.4 Å². The summed E-state index contributed by atoms with van der Waals surface area (Å²) in [7, 11) is 0. The summed E-state index contributed by atoms with van der Waals surface area (Å²) < 4.78 is 0. The highest BCUT2D eigenvalue weighted by atomic mass is 35.5. The Labute approximate surface area is 122 Å². The molecule has 1 atom stereocenters. The second kappa shape index (κ2) is 5.23. The third-order valence-electron chi connectivity index (χ3n) is 3.52. The summed E-state index contributed by atoms with van der Waals surface area (Å²) >= 11 is 5.91. The van der Waals surface area contributed by atoms with Gasteiger partial charge in [0.1, 0.15) is 5.82 Å². The maximum absolute atomic E-state index is 12.7. The lowest BCUT2D eigenvalue weighted by Gasteiger charge is -2.26. The number of nitrogens with zero attached hydrogens (tertiary/aromatic N) is 1. The minimum absolute atomic E-state index is 0.0929. The number of hydrogen-bond donors (Lipinski definition) is 2. The predicted octanol–water partition coefficient (Wildman–Crippen LogP) is 2.39. The van der Waals surface area contributed by atoms with Crippen LogP contribution in [-0.2, 0) is 6.42 Å². The van der Waals surface area contributed by atoms with E-state index in [9.17, 15) is 4.79 Å². The van der Waals surface area contributed by atoms with Crippen molar-refractivity contribution in [3.63, 3.8) is 0 Å². The highest BCUT2D eigenvalue weighted by molar-refractivity contribution is 6.31. The van der Waals surface area contributed by atoms with E-state index in [4.69, 9.17) is 17.3 Å². The lowest BCUT2D eigenvalue weighted by Crippen LogP contribution is -2.35. The normalized spacial score (nSPS) is 17.6. The van der Waals surface area contributed by atoms with E-state index in [-0.39, 0.29) is 17.6 Å². The summed E-state index contributed by atoms with van der Waals surface area (Å²) in [5.74, 6) is 0.119. The van der Waals surface area contributed by atoms with Gasteiger partial charge >= 0.3 is 0 Å². The maximum atomic E-state index is 12.7. The van der Waals surface area contributed by atoms with Crippen molar-refractivity contribution in [3.8, 4) is 0 Å². The van der Waals surface area contributed by atoms with Gasteiger partial charge in [0.15, 0.2) is 5.78 Å². The van der Waals surface area contributed by atoms with Crippen LogP contribution in [0.3, 0.4) is 0 Å².